The molecule has 1 N–H and O–H groups in total. The van der Waals surface area contributed by atoms with E-state index >= 15 is 0 Å². The van der Waals surface area contributed by atoms with E-state index in [0.717, 1.165) is 0 Å². The molecule has 0 aromatic carbocycles. The second-order valence-electron chi connectivity index (χ2n) is 4.92. The molecule has 0 aromatic rings. The zero-order chi connectivity index (χ0) is 13.8. The van der Waals surface area contributed by atoms with Crippen molar-refractivity contribution in [2.45, 2.75) is 51.2 Å². The van der Waals surface area contributed by atoms with Gasteiger partial charge in [-0.25, -0.2) is 0 Å². The maximum atomic E-state index is 12.6. The molecule has 1 amide bonds. The number of amides is 1. The first kappa shape index (κ1) is 14.9. The second kappa shape index (κ2) is 6.12. The monoisotopic (exact) mass is 261 g/mol. The van der Waals surface area contributed by atoms with Crippen LogP contribution in [-0.4, -0.2) is 18.1 Å². The lowest BCUT2D eigenvalue weighted by atomic mass is 9.80. The lowest BCUT2D eigenvalue weighted by Gasteiger charge is -2.30. The minimum absolute atomic E-state index is 0.0991. The van der Waals surface area contributed by atoms with Gasteiger partial charge in [0.1, 0.15) is 0 Å². The van der Waals surface area contributed by atoms with Crippen molar-refractivity contribution >= 4 is 5.91 Å². The number of hydrogen-bond acceptors (Lipinski definition) is 1. The zero-order valence-corrected chi connectivity index (χ0v) is 10.4. The summed E-state index contributed by atoms with van der Waals surface area (Å²) < 4.78 is 37.8. The van der Waals surface area contributed by atoms with Crippen LogP contribution in [0.5, 0.6) is 0 Å². The van der Waals surface area contributed by atoms with Crippen LogP contribution in [0.25, 0.3) is 0 Å². The van der Waals surface area contributed by atoms with Gasteiger partial charge in [0.25, 0.3) is 0 Å². The molecule has 1 aliphatic rings. The number of carbonyl (C=O) groups is 1. The predicted molar refractivity (Wildman–Crippen MR) is 62.6 cm³/mol. The average molecular weight is 261 g/mol. The molecule has 18 heavy (non-hydrogen) atoms. The van der Waals surface area contributed by atoms with Crippen molar-refractivity contribution in [2.24, 2.45) is 11.8 Å². The molecule has 0 radical (unpaired) electrons. The first-order valence-corrected chi connectivity index (χ1v) is 6.15. The van der Waals surface area contributed by atoms with E-state index in [2.05, 4.69) is 11.2 Å². The zero-order valence-electron chi connectivity index (χ0n) is 10.4. The maximum Gasteiger partial charge on any atom is 0.391 e. The van der Waals surface area contributed by atoms with Crippen molar-refractivity contribution in [3.63, 3.8) is 0 Å². The molecule has 0 bridgehead atoms. The van der Waals surface area contributed by atoms with Gasteiger partial charge >= 0.3 is 6.18 Å². The summed E-state index contributed by atoms with van der Waals surface area (Å²) in [6.45, 7) is 1.75. The molecule has 0 heterocycles. The molecule has 1 fully saturated rings. The van der Waals surface area contributed by atoms with Gasteiger partial charge in [0.15, 0.2) is 0 Å². The fourth-order valence-electron chi connectivity index (χ4n) is 2.31. The van der Waals surface area contributed by atoms with Gasteiger partial charge in [-0.05, 0) is 26.2 Å². The molecule has 1 saturated carbocycles. The Morgan fingerprint density at radius 3 is 2.72 bits per heavy atom. The van der Waals surface area contributed by atoms with Crippen molar-refractivity contribution < 1.29 is 18.0 Å². The summed E-state index contributed by atoms with van der Waals surface area (Å²) in [6.07, 6.45) is 2.32. The van der Waals surface area contributed by atoms with E-state index in [1.54, 1.807) is 6.92 Å². The van der Waals surface area contributed by atoms with Gasteiger partial charge in [-0.1, -0.05) is 6.42 Å². The molecule has 102 valence electrons. The highest BCUT2D eigenvalue weighted by molar-refractivity contribution is 5.79. The lowest BCUT2D eigenvalue weighted by molar-refractivity contribution is -0.186. The van der Waals surface area contributed by atoms with Crippen LogP contribution >= 0.6 is 0 Å². The Morgan fingerprint density at radius 2 is 2.17 bits per heavy atom. The van der Waals surface area contributed by atoms with E-state index in [1.807, 2.05) is 0 Å². The van der Waals surface area contributed by atoms with Crippen molar-refractivity contribution in [1.29, 1.82) is 0 Å². The van der Waals surface area contributed by atoms with Gasteiger partial charge in [0.2, 0.25) is 5.91 Å². The highest BCUT2D eigenvalue weighted by Crippen LogP contribution is 2.39. The molecule has 5 heteroatoms. The number of halogens is 3. The van der Waals surface area contributed by atoms with Gasteiger partial charge in [-0.15, -0.1) is 12.3 Å². The van der Waals surface area contributed by atoms with Crippen LogP contribution in [-0.2, 0) is 4.79 Å². The standard InChI is InChI=1S/C13H18F3NO/c1-3-5-9(2)17-12(18)10-6-4-7-11(8-10)13(14,15)16/h1,9-11H,4-8H2,2H3,(H,17,18). The second-order valence-corrected chi connectivity index (χ2v) is 4.92. The summed E-state index contributed by atoms with van der Waals surface area (Å²) in [4.78, 5) is 11.8. The molecule has 0 aromatic heterocycles. The Morgan fingerprint density at radius 1 is 1.50 bits per heavy atom. The van der Waals surface area contributed by atoms with E-state index in [4.69, 9.17) is 6.42 Å². The highest BCUT2D eigenvalue weighted by atomic mass is 19.4. The number of nitrogens with one attached hydrogen (secondary N) is 1. The van der Waals surface area contributed by atoms with Crippen LogP contribution in [0.2, 0.25) is 0 Å². The van der Waals surface area contributed by atoms with Gasteiger partial charge in [-0.3, -0.25) is 4.79 Å². The molecule has 1 aliphatic carbocycles. The third kappa shape index (κ3) is 4.25. The summed E-state index contributed by atoms with van der Waals surface area (Å²) in [5.74, 6) is 0.236. The Bertz CT molecular complexity index is 332. The largest absolute Gasteiger partial charge is 0.391 e. The van der Waals surface area contributed by atoms with E-state index in [1.165, 1.54) is 0 Å². The SMILES string of the molecule is C#CCC(C)NC(=O)C1CCCC(C(F)(F)F)C1. The average Bonchev–Trinajstić information content (AvgIpc) is 2.28. The molecule has 0 saturated heterocycles. The third-order valence-corrected chi connectivity index (χ3v) is 3.32. The molecule has 0 spiro atoms. The lowest BCUT2D eigenvalue weighted by Crippen LogP contribution is -2.40. The van der Waals surface area contributed by atoms with Crippen molar-refractivity contribution in [3.05, 3.63) is 0 Å². The smallest absolute Gasteiger partial charge is 0.352 e. The fourth-order valence-corrected chi connectivity index (χ4v) is 2.31. The molecule has 3 unspecified atom stereocenters. The summed E-state index contributed by atoms with van der Waals surface area (Å²) in [5, 5.41) is 2.67. The van der Waals surface area contributed by atoms with Crippen LogP contribution in [0.3, 0.4) is 0 Å². The van der Waals surface area contributed by atoms with Crippen molar-refractivity contribution in [3.8, 4) is 12.3 Å². The Kier molecular flexibility index (Phi) is 5.06. The summed E-state index contributed by atoms with van der Waals surface area (Å²) in [5.41, 5.74) is 0. The van der Waals surface area contributed by atoms with Crippen molar-refractivity contribution in [2.75, 3.05) is 0 Å². The van der Waals surface area contributed by atoms with E-state index < -0.39 is 18.0 Å². The predicted octanol–water partition coefficient (Wildman–Crippen LogP) is 2.88. The first-order valence-electron chi connectivity index (χ1n) is 6.15. The van der Waals surface area contributed by atoms with Gasteiger partial charge in [-0.2, -0.15) is 13.2 Å². The number of hydrogen-bond donors (Lipinski definition) is 1. The topological polar surface area (TPSA) is 29.1 Å². The minimum Gasteiger partial charge on any atom is -0.352 e. The van der Waals surface area contributed by atoms with E-state index in [-0.39, 0.29) is 24.8 Å². The fraction of sp³-hybridized carbons (Fsp3) is 0.769. The molecule has 2 nitrogen and oxygen atoms in total. The maximum absolute atomic E-state index is 12.6. The van der Waals surface area contributed by atoms with Gasteiger partial charge in [0.05, 0.1) is 5.92 Å². The third-order valence-electron chi connectivity index (χ3n) is 3.32. The van der Waals surface area contributed by atoms with E-state index in [9.17, 15) is 18.0 Å². The van der Waals surface area contributed by atoms with Crippen molar-refractivity contribution in [1.82, 2.24) is 5.32 Å². The van der Waals surface area contributed by atoms with Crippen LogP contribution < -0.4 is 5.32 Å². The highest BCUT2D eigenvalue weighted by Gasteiger charge is 2.43. The van der Waals surface area contributed by atoms with Crippen LogP contribution in [0, 0.1) is 24.2 Å². The molecule has 0 aliphatic heterocycles. The number of carbonyl (C=O) groups excluding carboxylic acids is 1. The van der Waals surface area contributed by atoms with E-state index in [0.29, 0.717) is 19.3 Å². The van der Waals surface area contributed by atoms with Gasteiger partial charge < -0.3 is 5.32 Å². The number of rotatable bonds is 3. The first-order chi connectivity index (χ1) is 8.34. The molecular weight excluding hydrogens is 243 g/mol. The normalized spacial score (nSPS) is 26.2. The quantitative estimate of drug-likeness (QED) is 0.778. The Labute approximate surface area is 105 Å². The Balaban J connectivity index is 2.51. The summed E-state index contributed by atoms with van der Waals surface area (Å²) >= 11 is 0. The molecule has 3 atom stereocenters. The minimum atomic E-state index is -4.19. The van der Waals surface area contributed by atoms with Gasteiger partial charge in [0, 0.05) is 18.4 Å². The summed E-state index contributed by atoms with van der Waals surface area (Å²) in [6, 6.07) is -0.186. The number of alkyl halides is 3. The Hall–Kier alpha value is -1.18. The summed E-state index contributed by atoms with van der Waals surface area (Å²) in [7, 11) is 0. The molecular formula is C13H18F3NO. The van der Waals surface area contributed by atoms with Crippen LogP contribution in [0.1, 0.15) is 39.0 Å². The van der Waals surface area contributed by atoms with Crippen LogP contribution in [0.15, 0.2) is 0 Å². The number of terminal acetylenes is 1. The molecule has 1 rings (SSSR count). The van der Waals surface area contributed by atoms with Crippen LogP contribution in [0.4, 0.5) is 13.2 Å².